The van der Waals surface area contributed by atoms with E-state index in [1.54, 1.807) is 18.3 Å². The molecule has 0 radical (unpaired) electrons. The normalized spacial score (nSPS) is 37.5. The Morgan fingerprint density at radius 3 is 2.58 bits per heavy atom. The van der Waals surface area contributed by atoms with Crippen LogP contribution in [0.3, 0.4) is 0 Å². The highest BCUT2D eigenvalue weighted by molar-refractivity contribution is 5.78. The van der Waals surface area contributed by atoms with Crippen molar-refractivity contribution >= 4 is 5.97 Å². The van der Waals surface area contributed by atoms with E-state index in [4.69, 9.17) is 15.2 Å². The van der Waals surface area contributed by atoms with Crippen LogP contribution in [-0.2, 0) is 9.53 Å². The lowest BCUT2D eigenvalue weighted by atomic mass is 9.38. The van der Waals surface area contributed by atoms with Gasteiger partial charge in [-0.3, -0.25) is 4.79 Å². The van der Waals surface area contributed by atoms with E-state index in [2.05, 4.69) is 71.3 Å². The molecule has 0 bridgehead atoms. The summed E-state index contributed by atoms with van der Waals surface area (Å²) in [5, 5.41) is 9.59. The van der Waals surface area contributed by atoms with Gasteiger partial charge in [-0.2, -0.15) is 5.26 Å². The van der Waals surface area contributed by atoms with Gasteiger partial charge in [-0.25, -0.2) is 4.98 Å². The summed E-state index contributed by atoms with van der Waals surface area (Å²) in [6, 6.07) is 5.58. The lowest BCUT2D eigenvalue weighted by molar-refractivity contribution is -0.172. The number of nitrogens with two attached hydrogens (primary N) is 1. The minimum atomic E-state index is -0.811. The first-order valence-electron chi connectivity index (χ1n) is 20.7. The van der Waals surface area contributed by atoms with Gasteiger partial charge in [0.25, 0.3) is 0 Å². The van der Waals surface area contributed by atoms with Crippen molar-refractivity contribution in [1.82, 2.24) is 4.98 Å². The highest BCUT2D eigenvalue weighted by Gasteiger charge is 2.66. The molecule has 0 saturated heterocycles. The summed E-state index contributed by atoms with van der Waals surface area (Å²) in [6.45, 7) is 21.7. The van der Waals surface area contributed by atoms with Gasteiger partial charge in [-0.05, 0) is 166 Å². The third-order valence-electron chi connectivity index (χ3n) is 16.0. The number of carbonyl (C=O) groups excluding carboxylic acids is 1. The lowest BCUT2D eigenvalue weighted by Gasteiger charge is -2.67. The second-order valence-corrected chi connectivity index (χ2v) is 18.8. The van der Waals surface area contributed by atoms with E-state index in [1.807, 2.05) is 6.92 Å². The van der Waals surface area contributed by atoms with Gasteiger partial charge in [0, 0.05) is 11.7 Å². The maximum absolute atomic E-state index is 13.6. The quantitative estimate of drug-likeness (QED) is 0.181. The molecule has 9 atom stereocenters. The Balaban J connectivity index is 1.22. The molecule has 0 aliphatic heterocycles. The number of fused-ring (bicyclic) bond motifs is 5. The van der Waals surface area contributed by atoms with Crippen LogP contribution in [0, 0.1) is 62.6 Å². The van der Waals surface area contributed by atoms with Gasteiger partial charge >= 0.3 is 5.97 Å². The third-order valence-corrected chi connectivity index (χ3v) is 16.0. The molecule has 52 heavy (non-hydrogen) atoms. The smallest absolute Gasteiger partial charge is 0.315 e. The number of ether oxygens (including phenoxy) is 2. The molecule has 2 N–H and O–H groups in total. The molecule has 5 aliphatic rings. The zero-order chi connectivity index (χ0) is 37.5. The average Bonchev–Trinajstić information content (AvgIpc) is 3.49. The topological polar surface area (TPSA) is 98.2 Å². The van der Waals surface area contributed by atoms with Crippen molar-refractivity contribution in [3.8, 4) is 11.9 Å². The van der Waals surface area contributed by atoms with E-state index in [0.717, 1.165) is 25.2 Å². The largest absolute Gasteiger partial charge is 0.475 e. The molecule has 5 aliphatic carbocycles. The second kappa shape index (κ2) is 14.7. The number of esters is 1. The van der Waals surface area contributed by atoms with Crippen molar-refractivity contribution < 1.29 is 14.3 Å². The summed E-state index contributed by atoms with van der Waals surface area (Å²) in [6.07, 6.45) is 21.9. The first-order chi connectivity index (χ1) is 24.7. The number of aromatic nitrogens is 1. The van der Waals surface area contributed by atoms with E-state index in [-0.39, 0.29) is 29.4 Å². The molecule has 0 unspecified atom stereocenters. The first kappa shape index (κ1) is 38.8. The fourth-order valence-corrected chi connectivity index (χ4v) is 12.5. The Morgan fingerprint density at radius 2 is 1.90 bits per heavy atom. The monoisotopic (exact) mass is 710 g/mol. The predicted octanol–water partition coefficient (Wildman–Crippen LogP) is 10.7. The molecule has 284 valence electrons. The molecule has 1 aromatic rings. The van der Waals surface area contributed by atoms with E-state index in [0.29, 0.717) is 59.5 Å². The van der Waals surface area contributed by atoms with Crippen molar-refractivity contribution in [2.24, 2.45) is 57.0 Å². The molecule has 6 heteroatoms. The molecule has 4 saturated carbocycles. The number of nitriles is 1. The minimum absolute atomic E-state index is 0.00210. The summed E-state index contributed by atoms with van der Waals surface area (Å²) < 4.78 is 11.8. The second-order valence-electron chi connectivity index (χ2n) is 18.8. The van der Waals surface area contributed by atoms with Crippen molar-refractivity contribution in [3.63, 3.8) is 0 Å². The van der Waals surface area contributed by atoms with Crippen LogP contribution in [0.25, 0.3) is 0 Å². The van der Waals surface area contributed by atoms with Gasteiger partial charge < -0.3 is 15.2 Å². The van der Waals surface area contributed by atoms with Gasteiger partial charge in [-0.1, -0.05) is 65.3 Å². The Bertz CT molecular complexity index is 1620. The van der Waals surface area contributed by atoms with E-state index >= 15 is 0 Å². The van der Waals surface area contributed by atoms with Gasteiger partial charge in [0.15, 0.2) is 0 Å². The zero-order valence-corrected chi connectivity index (χ0v) is 33.5. The van der Waals surface area contributed by atoms with Crippen molar-refractivity contribution in [1.29, 1.82) is 5.26 Å². The van der Waals surface area contributed by atoms with Crippen LogP contribution >= 0.6 is 0 Å². The van der Waals surface area contributed by atoms with Crippen molar-refractivity contribution in [2.75, 3.05) is 13.2 Å². The molecule has 0 aromatic carbocycles. The fourth-order valence-electron chi connectivity index (χ4n) is 12.5. The maximum Gasteiger partial charge on any atom is 0.315 e. The van der Waals surface area contributed by atoms with Crippen molar-refractivity contribution in [2.45, 2.75) is 144 Å². The molecule has 0 spiro atoms. The molecule has 4 fully saturated rings. The number of unbranched alkanes of at least 4 members (excludes halogenated alkanes) is 1. The van der Waals surface area contributed by atoms with Crippen LogP contribution in [0.5, 0.6) is 5.88 Å². The summed E-state index contributed by atoms with van der Waals surface area (Å²) in [4.78, 5) is 17.9. The van der Waals surface area contributed by atoms with Crippen LogP contribution in [0.15, 0.2) is 53.8 Å². The van der Waals surface area contributed by atoms with Gasteiger partial charge in [0.1, 0.15) is 23.7 Å². The van der Waals surface area contributed by atoms with Crippen LogP contribution in [0.1, 0.15) is 144 Å². The summed E-state index contributed by atoms with van der Waals surface area (Å²) >= 11 is 0. The summed E-state index contributed by atoms with van der Waals surface area (Å²) in [5.41, 5.74) is 11.8. The molecule has 0 amide bonds. The van der Waals surface area contributed by atoms with Crippen molar-refractivity contribution in [3.05, 3.63) is 59.3 Å². The standard InChI is InChI=1S/C46H67N3O3/c1-9-11-14-37(32-17-22-45(23-18-32,41(50)51-10-2)30-52-40-33(29-47)13-12-27-49-40)42(5,6)34-19-21-43(7)35(28-34)15-16-38-39-36(31(3)4)20-24-46(39,48)26-25-44(38,43)8/h12-14,17,27,34-36,38-39H,3,9-11,15-16,18-26,28,30,48H2,1-2,4-8H3/b37-14-/t34-,35-,36+,38-,39-,43-,44-,45-,46+/m1/s1. The van der Waals surface area contributed by atoms with Crippen LogP contribution < -0.4 is 10.5 Å². The summed E-state index contributed by atoms with van der Waals surface area (Å²) in [7, 11) is 0. The maximum atomic E-state index is 13.6. The average molecular weight is 710 g/mol. The third kappa shape index (κ3) is 6.50. The van der Waals surface area contributed by atoms with Crippen LogP contribution in [0.2, 0.25) is 0 Å². The van der Waals surface area contributed by atoms with Gasteiger partial charge in [-0.15, -0.1) is 0 Å². The molecule has 1 heterocycles. The zero-order valence-electron chi connectivity index (χ0n) is 33.5. The predicted molar refractivity (Wildman–Crippen MR) is 209 cm³/mol. The Morgan fingerprint density at radius 1 is 1.12 bits per heavy atom. The van der Waals surface area contributed by atoms with E-state index in [1.165, 1.54) is 74.5 Å². The number of rotatable bonds is 11. The Kier molecular flexibility index (Phi) is 11.0. The number of hydrogen-bond donors (Lipinski definition) is 1. The first-order valence-corrected chi connectivity index (χ1v) is 20.7. The molecule has 6 nitrogen and oxygen atoms in total. The van der Waals surface area contributed by atoms with Gasteiger partial charge in [0.05, 0.1) is 6.61 Å². The Labute approximate surface area is 315 Å². The number of carbonyl (C=O) groups is 1. The molecule has 6 rings (SSSR count). The Hall–Kier alpha value is -2.91. The number of pyridine rings is 1. The number of hydrogen-bond acceptors (Lipinski definition) is 6. The lowest BCUT2D eigenvalue weighted by Crippen LogP contribution is -2.64. The molecular weight excluding hydrogens is 643 g/mol. The van der Waals surface area contributed by atoms with Crippen LogP contribution in [0.4, 0.5) is 0 Å². The molecule has 1 aromatic heterocycles. The van der Waals surface area contributed by atoms with Crippen LogP contribution in [-0.4, -0.2) is 29.7 Å². The number of allylic oxidation sites excluding steroid dienone is 5. The van der Waals surface area contributed by atoms with E-state index in [9.17, 15) is 10.1 Å². The summed E-state index contributed by atoms with van der Waals surface area (Å²) in [5.74, 6) is 3.25. The minimum Gasteiger partial charge on any atom is -0.475 e. The van der Waals surface area contributed by atoms with Gasteiger partial charge in [0.2, 0.25) is 5.88 Å². The molecular formula is C46H67N3O3. The van der Waals surface area contributed by atoms with E-state index < -0.39 is 5.41 Å². The fraction of sp³-hybridized carbons (Fsp3) is 0.717. The highest BCUT2D eigenvalue weighted by Crippen LogP contribution is 2.72. The SMILES string of the molecule is C=C(C)[C@@H]1CC[C@]2(N)CC[C@]3(C)[C@H](CC[C@@H]4C[C@H](C(C)(C)/C(=C\CCC)C5=CC[C@@](COc6ncccc6C#N)(C(=O)OCC)CC5)CC[C@]43C)[C@@H]12. The number of nitrogens with zero attached hydrogens (tertiary/aromatic N) is 2. The highest BCUT2D eigenvalue weighted by atomic mass is 16.5.